The van der Waals surface area contributed by atoms with Crippen LogP contribution in [0, 0.1) is 12.7 Å². The Morgan fingerprint density at radius 3 is 2.77 bits per heavy atom. The van der Waals surface area contributed by atoms with Crippen LogP contribution in [0.25, 0.3) is 10.9 Å². The van der Waals surface area contributed by atoms with Gasteiger partial charge in [-0.05, 0) is 38.0 Å². The van der Waals surface area contributed by atoms with Gasteiger partial charge in [0.05, 0.1) is 0 Å². The van der Waals surface area contributed by atoms with Crippen molar-refractivity contribution in [3.63, 3.8) is 0 Å². The summed E-state index contributed by atoms with van der Waals surface area (Å²) in [6.45, 7) is 4.01. The topological polar surface area (TPSA) is 32.9 Å². The van der Waals surface area contributed by atoms with Gasteiger partial charge in [0, 0.05) is 28.6 Å². The normalized spacial score (nSPS) is 11.6. The van der Waals surface area contributed by atoms with E-state index in [1.807, 2.05) is 0 Å². The van der Waals surface area contributed by atoms with Crippen molar-refractivity contribution in [2.45, 2.75) is 52.4 Å². The van der Waals surface area contributed by atoms with Gasteiger partial charge in [-0.3, -0.25) is 4.79 Å². The molecule has 0 aliphatic carbocycles. The molecule has 0 spiro atoms. The van der Waals surface area contributed by atoms with Crippen LogP contribution in [-0.4, -0.2) is 4.98 Å². The van der Waals surface area contributed by atoms with E-state index in [0.29, 0.717) is 22.9 Å². The molecule has 1 N–H and O–H groups in total. The van der Waals surface area contributed by atoms with Crippen molar-refractivity contribution >= 4 is 10.9 Å². The number of allylic oxidation sites excluding steroid dienone is 2. The van der Waals surface area contributed by atoms with Crippen LogP contribution in [-0.2, 0) is 6.42 Å². The van der Waals surface area contributed by atoms with Crippen molar-refractivity contribution in [2.24, 2.45) is 0 Å². The van der Waals surface area contributed by atoms with Crippen molar-refractivity contribution in [1.29, 1.82) is 0 Å². The molecule has 0 saturated heterocycles. The minimum absolute atomic E-state index is 0.0837. The van der Waals surface area contributed by atoms with E-state index >= 15 is 0 Å². The second-order valence-corrected chi connectivity index (χ2v) is 5.77. The fourth-order valence-corrected chi connectivity index (χ4v) is 2.62. The lowest BCUT2D eigenvalue weighted by Gasteiger charge is -2.06. The summed E-state index contributed by atoms with van der Waals surface area (Å²) in [5.41, 5.74) is 2.20. The maximum Gasteiger partial charge on any atom is 0.192 e. The monoisotopic (exact) mass is 301 g/mol. The Kier molecular flexibility index (Phi) is 5.93. The minimum atomic E-state index is -0.378. The van der Waals surface area contributed by atoms with Gasteiger partial charge in [-0.15, -0.1) is 0 Å². The fourth-order valence-electron chi connectivity index (χ4n) is 2.62. The third-order valence-electron chi connectivity index (χ3n) is 4.02. The summed E-state index contributed by atoms with van der Waals surface area (Å²) in [5, 5.41) is 0.421. The second-order valence-electron chi connectivity index (χ2n) is 5.77. The van der Waals surface area contributed by atoms with E-state index in [9.17, 15) is 9.18 Å². The summed E-state index contributed by atoms with van der Waals surface area (Å²) in [6, 6.07) is 4.30. The Balaban J connectivity index is 2.09. The number of nitrogens with one attached hydrogen (secondary N) is 1. The van der Waals surface area contributed by atoms with E-state index in [4.69, 9.17) is 0 Å². The Hall–Kier alpha value is -1.90. The van der Waals surface area contributed by atoms with Crippen molar-refractivity contribution < 1.29 is 4.39 Å². The Morgan fingerprint density at radius 1 is 1.18 bits per heavy atom. The van der Waals surface area contributed by atoms with Crippen LogP contribution in [0.5, 0.6) is 0 Å². The highest BCUT2D eigenvalue weighted by molar-refractivity contribution is 5.79. The maximum absolute atomic E-state index is 13.3. The van der Waals surface area contributed by atoms with Gasteiger partial charge >= 0.3 is 0 Å². The van der Waals surface area contributed by atoms with Crippen LogP contribution < -0.4 is 5.43 Å². The molecular weight excluding hydrogens is 277 g/mol. The minimum Gasteiger partial charge on any atom is -0.358 e. The number of hydrogen-bond donors (Lipinski definition) is 1. The molecule has 2 nitrogen and oxygen atoms in total. The number of aromatic amines is 1. The van der Waals surface area contributed by atoms with Crippen molar-refractivity contribution in [2.75, 3.05) is 0 Å². The molecule has 118 valence electrons. The number of pyridine rings is 1. The summed E-state index contributed by atoms with van der Waals surface area (Å²) >= 11 is 0. The largest absolute Gasteiger partial charge is 0.358 e. The second kappa shape index (κ2) is 7.92. The van der Waals surface area contributed by atoms with Crippen LogP contribution in [0.4, 0.5) is 4.39 Å². The Bertz CT molecular complexity index is 715. The van der Waals surface area contributed by atoms with Crippen molar-refractivity contribution in [3.05, 3.63) is 57.6 Å². The highest BCUT2D eigenvalue weighted by Gasteiger charge is 2.07. The average molecular weight is 301 g/mol. The maximum atomic E-state index is 13.3. The van der Waals surface area contributed by atoms with Gasteiger partial charge in [-0.25, -0.2) is 4.39 Å². The van der Waals surface area contributed by atoms with E-state index in [-0.39, 0.29) is 11.2 Å². The summed E-state index contributed by atoms with van der Waals surface area (Å²) in [4.78, 5) is 15.6. The summed E-state index contributed by atoms with van der Waals surface area (Å²) in [7, 11) is 0. The van der Waals surface area contributed by atoms with Gasteiger partial charge < -0.3 is 4.98 Å². The van der Waals surface area contributed by atoms with Gasteiger partial charge in [-0.2, -0.15) is 0 Å². The van der Waals surface area contributed by atoms with E-state index in [2.05, 4.69) is 24.1 Å². The zero-order chi connectivity index (χ0) is 15.9. The molecular formula is C19H24FNO. The first-order chi connectivity index (χ1) is 10.6. The highest BCUT2D eigenvalue weighted by Crippen LogP contribution is 2.14. The lowest BCUT2D eigenvalue weighted by Crippen LogP contribution is -2.11. The van der Waals surface area contributed by atoms with Crippen molar-refractivity contribution in [1.82, 2.24) is 4.98 Å². The molecule has 1 aromatic carbocycles. The van der Waals surface area contributed by atoms with Crippen LogP contribution in [0.15, 0.2) is 35.1 Å². The number of fused-ring (bicyclic) bond motifs is 1. The SMILES string of the molecule is CCCCCC/C=C/Cc1[nH]c2ccc(F)cc2c(=O)c1C. The van der Waals surface area contributed by atoms with Crippen molar-refractivity contribution in [3.8, 4) is 0 Å². The summed E-state index contributed by atoms with van der Waals surface area (Å²) < 4.78 is 13.3. The lowest BCUT2D eigenvalue weighted by molar-refractivity contribution is 0.629. The molecule has 0 aliphatic heterocycles. The molecule has 0 aliphatic rings. The first-order valence-electron chi connectivity index (χ1n) is 8.09. The molecule has 3 heteroatoms. The number of hydrogen-bond acceptors (Lipinski definition) is 1. The summed E-state index contributed by atoms with van der Waals surface area (Å²) in [5.74, 6) is -0.378. The Morgan fingerprint density at radius 2 is 2.00 bits per heavy atom. The van der Waals surface area contributed by atoms with Crippen LogP contribution in [0.2, 0.25) is 0 Å². The highest BCUT2D eigenvalue weighted by atomic mass is 19.1. The molecule has 0 atom stereocenters. The van der Waals surface area contributed by atoms with Gasteiger partial charge in [0.2, 0.25) is 0 Å². The third kappa shape index (κ3) is 4.06. The van der Waals surface area contributed by atoms with E-state index in [1.165, 1.54) is 37.8 Å². The molecule has 0 amide bonds. The predicted octanol–water partition coefficient (Wildman–Crippen LogP) is 5.04. The molecule has 22 heavy (non-hydrogen) atoms. The van der Waals surface area contributed by atoms with E-state index < -0.39 is 0 Å². The van der Waals surface area contributed by atoms with E-state index in [0.717, 1.165) is 12.1 Å². The van der Waals surface area contributed by atoms with Gasteiger partial charge in [0.15, 0.2) is 5.43 Å². The number of rotatable bonds is 7. The molecule has 0 radical (unpaired) electrons. The predicted molar refractivity (Wildman–Crippen MR) is 90.9 cm³/mol. The number of aromatic nitrogens is 1. The molecule has 0 fully saturated rings. The fraction of sp³-hybridized carbons (Fsp3) is 0.421. The molecule has 0 unspecified atom stereocenters. The zero-order valence-corrected chi connectivity index (χ0v) is 13.4. The Labute approximate surface area is 131 Å². The molecule has 0 saturated carbocycles. The average Bonchev–Trinajstić information content (AvgIpc) is 2.51. The summed E-state index contributed by atoms with van der Waals surface area (Å²) in [6.07, 6.45) is 11.1. The first-order valence-corrected chi connectivity index (χ1v) is 8.09. The van der Waals surface area contributed by atoms with Crippen LogP contribution in [0.1, 0.15) is 50.3 Å². The quantitative estimate of drug-likeness (QED) is 0.563. The molecule has 1 heterocycles. The zero-order valence-electron chi connectivity index (χ0n) is 13.4. The lowest BCUT2D eigenvalue weighted by atomic mass is 10.1. The van der Waals surface area contributed by atoms with E-state index in [1.54, 1.807) is 13.0 Å². The smallest absolute Gasteiger partial charge is 0.192 e. The number of halogens is 1. The van der Waals surface area contributed by atoms with Gasteiger partial charge in [0.25, 0.3) is 0 Å². The molecule has 0 bridgehead atoms. The van der Waals surface area contributed by atoms with Crippen LogP contribution in [0.3, 0.4) is 0 Å². The standard InChI is InChI=1S/C19H24FNO/c1-3-4-5-6-7-8-9-10-17-14(2)19(22)16-13-15(20)11-12-18(16)21-17/h8-9,11-13H,3-7,10H2,1-2H3,(H,21,22)/b9-8+. The van der Waals surface area contributed by atoms with Gasteiger partial charge in [-0.1, -0.05) is 38.3 Å². The third-order valence-corrected chi connectivity index (χ3v) is 4.02. The molecule has 1 aromatic heterocycles. The molecule has 2 rings (SSSR count). The molecule has 2 aromatic rings. The number of H-pyrrole nitrogens is 1. The number of benzene rings is 1. The number of unbranched alkanes of at least 4 members (excludes halogenated alkanes) is 4. The first kappa shape index (κ1) is 16.5. The van der Waals surface area contributed by atoms with Crippen LogP contribution >= 0.6 is 0 Å². The van der Waals surface area contributed by atoms with Gasteiger partial charge in [0.1, 0.15) is 5.82 Å².